The summed E-state index contributed by atoms with van der Waals surface area (Å²) in [5.74, 6) is 0.159. The lowest BCUT2D eigenvalue weighted by Crippen LogP contribution is -2.09. The summed E-state index contributed by atoms with van der Waals surface area (Å²) in [6.07, 6.45) is 1.62. The molecule has 0 fully saturated rings. The molecule has 3 aromatic heterocycles. The van der Waals surface area contributed by atoms with Crippen LogP contribution in [0.15, 0.2) is 41.1 Å². The third-order valence-electron chi connectivity index (χ3n) is 3.62. The number of hydrogen-bond donors (Lipinski definition) is 2. The van der Waals surface area contributed by atoms with Crippen molar-refractivity contribution in [1.29, 1.82) is 0 Å². The molecule has 0 unspecified atom stereocenters. The Hall–Kier alpha value is -3.42. The maximum atomic E-state index is 11.3. The van der Waals surface area contributed by atoms with Gasteiger partial charge in [-0.3, -0.25) is 9.89 Å². The molecular formula is C15H12N6O2. The molecule has 0 aliphatic heterocycles. The molecule has 0 aliphatic rings. The fourth-order valence-electron chi connectivity index (χ4n) is 2.47. The highest BCUT2D eigenvalue weighted by atomic mass is 16.5. The van der Waals surface area contributed by atoms with Gasteiger partial charge in [0.1, 0.15) is 11.4 Å². The molecule has 0 bridgehead atoms. The lowest BCUT2D eigenvalue weighted by atomic mass is 10.2. The van der Waals surface area contributed by atoms with Crippen molar-refractivity contribution in [2.45, 2.75) is 0 Å². The van der Waals surface area contributed by atoms with Crippen molar-refractivity contribution < 1.29 is 9.32 Å². The van der Waals surface area contributed by atoms with Crippen LogP contribution in [0.4, 0.5) is 0 Å². The minimum atomic E-state index is -0.509. The first-order valence-corrected chi connectivity index (χ1v) is 6.87. The molecule has 1 amide bonds. The zero-order valence-electron chi connectivity index (χ0n) is 12.1. The fourth-order valence-corrected chi connectivity index (χ4v) is 2.47. The average molecular weight is 308 g/mol. The number of benzene rings is 1. The second-order valence-electron chi connectivity index (χ2n) is 5.13. The molecule has 0 radical (unpaired) electrons. The number of nitrogens with zero attached hydrogens (tertiary/aromatic N) is 4. The molecule has 0 saturated carbocycles. The molecule has 0 atom stereocenters. The van der Waals surface area contributed by atoms with E-state index in [0.717, 1.165) is 10.9 Å². The molecule has 3 N–H and O–H groups in total. The van der Waals surface area contributed by atoms with Gasteiger partial charge in [0.15, 0.2) is 0 Å². The molecule has 114 valence electrons. The van der Waals surface area contributed by atoms with Crippen molar-refractivity contribution in [3.8, 4) is 23.1 Å². The number of aryl methyl sites for hydroxylation is 1. The smallest absolute Gasteiger partial charge is 0.274 e. The van der Waals surface area contributed by atoms with Crippen molar-refractivity contribution in [3.63, 3.8) is 0 Å². The van der Waals surface area contributed by atoms with Crippen LogP contribution in [0.1, 0.15) is 10.4 Å². The number of nitrogens with two attached hydrogens (primary N) is 1. The minimum absolute atomic E-state index is 0.294. The van der Waals surface area contributed by atoms with E-state index in [-0.39, 0.29) is 0 Å². The Bertz CT molecular complexity index is 1030. The van der Waals surface area contributed by atoms with Gasteiger partial charge in [0.25, 0.3) is 5.89 Å². The highest BCUT2D eigenvalue weighted by Gasteiger charge is 2.18. The van der Waals surface area contributed by atoms with Crippen LogP contribution in [0.25, 0.3) is 34.0 Å². The molecule has 4 aromatic rings. The van der Waals surface area contributed by atoms with E-state index in [9.17, 15) is 4.79 Å². The van der Waals surface area contributed by atoms with E-state index in [1.807, 2.05) is 24.3 Å². The van der Waals surface area contributed by atoms with E-state index in [1.54, 1.807) is 23.9 Å². The van der Waals surface area contributed by atoms with Crippen LogP contribution in [0.5, 0.6) is 0 Å². The number of amides is 1. The van der Waals surface area contributed by atoms with Gasteiger partial charge >= 0.3 is 0 Å². The predicted octanol–water partition coefficient (Wildman–Crippen LogP) is 1.72. The number of nitrogens with one attached hydrogen (secondary N) is 1. The maximum absolute atomic E-state index is 11.3. The Morgan fingerprint density at radius 1 is 1.35 bits per heavy atom. The van der Waals surface area contributed by atoms with Crippen LogP contribution in [-0.4, -0.2) is 30.8 Å². The summed E-state index contributed by atoms with van der Waals surface area (Å²) in [6, 6.07) is 9.29. The first-order chi connectivity index (χ1) is 11.1. The molecule has 3 heterocycles. The van der Waals surface area contributed by atoms with Gasteiger partial charge in [-0.15, -0.1) is 0 Å². The average Bonchev–Trinajstić information content (AvgIpc) is 3.23. The molecule has 8 heteroatoms. The summed E-state index contributed by atoms with van der Waals surface area (Å²) in [4.78, 5) is 15.6. The van der Waals surface area contributed by atoms with Crippen molar-refractivity contribution in [2.75, 3.05) is 0 Å². The highest BCUT2D eigenvalue weighted by Crippen LogP contribution is 2.27. The van der Waals surface area contributed by atoms with Crippen LogP contribution in [0.3, 0.4) is 0 Å². The van der Waals surface area contributed by atoms with E-state index in [4.69, 9.17) is 10.3 Å². The lowest BCUT2D eigenvalue weighted by Gasteiger charge is -1.94. The summed E-state index contributed by atoms with van der Waals surface area (Å²) >= 11 is 0. The normalized spacial score (nSPS) is 11.2. The van der Waals surface area contributed by atoms with Gasteiger partial charge in [0.2, 0.25) is 11.7 Å². The van der Waals surface area contributed by atoms with E-state index in [0.29, 0.717) is 28.7 Å². The standard InChI is InChI=1S/C15H12N6O2/c1-21-7-8(13(16)22)6-11(21)15-17-14(20-23-15)12-9-4-2-3-5-10(9)18-19-12/h2-7H,1H3,(H2,16,22)(H,18,19). The first kappa shape index (κ1) is 13.3. The fraction of sp³-hybridized carbons (Fsp3) is 0.0667. The molecule has 0 aliphatic carbocycles. The molecule has 0 spiro atoms. The third kappa shape index (κ3) is 2.08. The van der Waals surface area contributed by atoms with E-state index in [2.05, 4.69) is 20.3 Å². The topological polar surface area (TPSA) is 116 Å². The Morgan fingerprint density at radius 3 is 2.96 bits per heavy atom. The number of carbonyl (C=O) groups excluding carboxylic acids is 1. The molecule has 23 heavy (non-hydrogen) atoms. The van der Waals surface area contributed by atoms with E-state index in [1.165, 1.54) is 0 Å². The molecule has 8 nitrogen and oxygen atoms in total. The number of primary amides is 1. The van der Waals surface area contributed by atoms with Gasteiger partial charge < -0.3 is 14.8 Å². The van der Waals surface area contributed by atoms with Crippen LogP contribution in [0.2, 0.25) is 0 Å². The van der Waals surface area contributed by atoms with Crippen molar-refractivity contribution in [1.82, 2.24) is 24.9 Å². The molecular weight excluding hydrogens is 296 g/mol. The quantitative estimate of drug-likeness (QED) is 0.598. The number of carbonyl (C=O) groups is 1. The second kappa shape index (κ2) is 4.80. The summed E-state index contributed by atoms with van der Waals surface area (Å²) < 4.78 is 7.02. The molecule has 1 aromatic carbocycles. The van der Waals surface area contributed by atoms with Gasteiger partial charge in [0, 0.05) is 18.6 Å². The van der Waals surface area contributed by atoms with Crippen LogP contribution >= 0.6 is 0 Å². The van der Waals surface area contributed by atoms with Crippen molar-refractivity contribution in [2.24, 2.45) is 12.8 Å². The van der Waals surface area contributed by atoms with Gasteiger partial charge in [0.05, 0.1) is 11.1 Å². The van der Waals surface area contributed by atoms with Gasteiger partial charge in [-0.1, -0.05) is 23.4 Å². The Morgan fingerprint density at radius 2 is 2.17 bits per heavy atom. The van der Waals surface area contributed by atoms with E-state index < -0.39 is 5.91 Å². The van der Waals surface area contributed by atoms with Crippen LogP contribution in [-0.2, 0) is 7.05 Å². The van der Waals surface area contributed by atoms with Crippen LogP contribution in [0, 0.1) is 0 Å². The molecule has 0 saturated heterocycles. The number of fused-ring (bicyclic) bond motifs is 1. The number of aromatic nitrogens is 5. The summed E-state index contributed by atoms with van der Waals surface area (Å²) in [5, 5.41) is 12.1. The summed E-state index contributed by atoms with van der Waals surface area (Å²) in [6.45, 7) is 0. The monoisotopic (exact) mass is 308 g/mol. The highest BCUT2D eigenvalue weighted by molar-refractivity contribution is 5.94. The number of H-pyrrole nitrogens is 1. The first-order valence-electron chi connectivity index (χ1n) is 6.87. The van der Waals surface area contributed by atoms with Gasteiger partial charge in [-0.2, -0.15) is 10.1 Å². The summed E-state index contributed by atoms with van der Waals surface area (Å²) in [7, 11) is 1.77. The number of rotatable bonds is 3. The zero-order chi connectivity index (χ0) is 16.0. The summed E-state index contributed by atoms with van der Waals surface area (Å²) in [5.41, 5.74) is 7.78. The zero-order valence-corrected chi connectivity index (χ0v) is 12.1. The molecule has 4 rings (SSSR count). The largest absolute Gasteiger partial charge is 0.366 e. The lowest BCUT2D eigenvalue weighted by molar-refractivity contribution is 0.100. The van der Waals surface area contributed by atoms with Gasteiger partial charge in [-0.05, 0) is 12.1 Å². The van der Waals surface area contributed by atoms with E-state index >= 15 is 0 Å². The second-order valence-corrected chi connectivity index (χ2v) is 5.13. The minimum Gasteiger partial charge on any atom is -0.366 e. The Kier molecular flexibility index (Phi) is 2.77. The number of para-hydroxylation sites is 1. The Balaban J connectivity index is 1.79. The Labute approximate surface area is 129 Å². The maximum Gasteiger partial charge on any atom is 0.274 e. The van der Waals surface area contributed by atoms with Crippen molar-refractivity contribution >= 4 is 16.8 Å². The number of hydrogen-bond acceptors (Lipinski definition) is 5. The number of aromatic amines is 1. The van der Waals surface area contributed by atoms with Crippen molar-refractivity contribution in [3.05, 3.63) is 42.1 Å². The SMILES string of the molecule is Cn1cc(C(N)=O)cc1-c1nc(-c2n[nH]c3ccccc23)no1. The third-order valence-corrected chi connectivity index (χ3v) is 3.62. The van der Waals surface area contributed by atoms with Gasteiger partial charge in [-0.25, -0.2) is 0 Å². The predicted molar refractivity (Wildman–Crippen MR) is 82.3 cm³/mol. The van der Waals surface area contributed by atoms with Crippen LogP contribution < -0.4 is 5.73 Å².